The van der Waals surface area contributed by atoms with Crippen LogP contribution in [0.1, 0.15) is 18.1 Å². The van der Waals surface area contributed by atoms with Gasteiger partial charge in [-0.15, -0.1) is 0 Å². The fourth-order valence-corrected chi connectivity index (χ4v) is 3.40. The maximum Gasteiger partial charge on any atom is 0.282 e. The summed E-state index contributed by atoms with van der Waals surface area (Å²) in [4.78, 5) is 27.8. The van der Waals surface area contributed by atoms with Crippen LogP contribution in [0.2, 0.25) is 0 Å². The second kappa shape index (κ2) is 8.44. The van der Waals surface area contributed by atoms with Crippen LogP contribution in [0.5, 0.6) is 5.75 Å². The summed E-state index contributed by atoms with van der Waals surface area (Å²) in [6.45, 7) is 4.36. The van der Waals surface area contributed by atoms with E-state index in [1.807, 2.05) is 38.1 Å². The van der Waals surface area contributed by atoms with Gasteiger partial charge in [0.15, 0.2) is 0 Å². The molecule has 6 heteroatoms. The molecule has 31 heavy (non-hydrogen) atoms. The van der Waals surface area contributed by atoms with E-state index in [9.17, 15) is 14.0 Å². The van der Waals surface area contributed by atoms with Crippen molar-refractivity contribution in [1.82, 2.24) is 0 Å². The van der Waals surface area contributed by atoms with Crippen molar-refractivity contribution in [2.45, 2.75) is 13.8 Å². The Morgan fingerprint density at radius 3 is 2.13 bits per heavy atom. The Labute approximate surface area is 179 Å². The highest BCUT2D eigenvalue weighted by atomic mass is 19.1. The summed E-state index contributed by atoms with van der Waals surface area (Å²) in [7, 11) is 0. The molecule has 1 N–H and O–H groups in total. The van der Waals surface area contributed by atoms with Crippen LogP contribution in [0, 0.1) is 12.7 Å². The van der Waals surface area contributed by atoms with Gasteiger partial charge in [-0.3, -0.25) is 9.59 Å². The summed E-state index contributed by atoms with van der Waals surface area (Å²) >= 11 is 0. The number of hydrogen-bond acceptors (Lipinski definition) is 4. The van der Waals surface area contributed by atoms with Crippen LogP contribution in [0.4, 0.5) is 15.8 Å². The molecule has 0 saturated carbocycles. The lowest BCUT2D eigenvalue weighted by molar-refractivity contribution is -0.120. The predicted octanol–water partition coefficient (Wildman–Crippen LogP) is 4.93. The second-order valence-corrected chi connectivity index (χ2v) is 7.12. The van der Waals surface area contributed by atoms with Crippen LogP contribution in [0.3, 0.4) is 0 Å². The number of nitrogens with zero attached hydrogens (tertiary/aromatic N) is 1. The quantitative estimate of drug-likeness (QED) is 0.579. The van der Waals surface area contributed by atoms with Gasteiger partial charge in [-0.2, -0.15) is 0 Å². The SMILES string of the molecule is CCOc1ccc(N2C(=O)C(Nc3ccc(C)cc3)=C(c3ccc(F)cc3)C2=O)cc1. The molecule has 1 heterocycles. The third-order valence-electron chi connectivity index (χ3n) is 4.94. The summed E-state index contributed by atoms with van der Waals surface area (Å²) in [5.41, 5.74) is 2.98. The molecule has 0 atom stereocenters. The van der Waals surface area contributed by atoms with Gasteiger partial charge < -0.3 is 10.1 Å². The van der Waals surface area contributed by atoms with Crippen molar-refractivity contribution >= 4 is 28.8 Å². The highest BCUT2D eigenvalue weighted by molar-refractivity contribution is 6.46. The van der Waals surface area contributed by atoms with Gasteiger partial charge in [0.2, 0.25) is 0 Å². The zero-order valence-corrected chi connectivity index (χ0v) is 17.2. The standard InChI is InChI=1S/C25H21FN2O3/c1-3-31-21-14-12-20(13-15-21)28-24(29)22(17-6-8-18(26)9-7-17)23(25(28)30)27-19-10-4-16(2)5-11-19/h4-15,27H,3H2,1-2H3. The molecule has 0 unspecified atom stereocenters. The molecular weight excluding hydrogens is 395 g/mol. The molecule has 1 aliphatic heterocycles. The summed E-state index contributed by atoms with van der Waals surface area (Å²) in [5.74, 6) is -0.725. The molecule has 4 rings (SSSR count). The van der Waals surface area contributed by atoms with E-state index >= 15 is 0 Å². The molecule has 5 nitrogen and oxygen atoms in total. The van der Waals surface area contributed by atoms with E-state index in [1.54, 1.807) is 24.3 Å². The predicted molar refractivity (Wildman–Crippen MR) is 118 cm³/mol. The van der Waals surface area contributed by atoms with Gasteiger partial charge >= 0.3 is 0 Å². The van der Waals surface area contributed by atoms with Crippen molar-refractivity contribution in [3.05, 3.63) is 95.4 Å². The van der Waals surface area contributed by atoms with Crippen molar-refractivity contribution in [2.75, 3.05) is 16.8 Å². The van der Waals surface area contributed by atoms with Crippen molar-refractivity contribution in [3.63, 3.8) is 0 Å². The number of carbonyl (C=O) groups is 2. The highest BCUT2D eigenvalue weighted by Gasteiger charge is 2.40. The molecule has 3 aromatic carbocycles. The molecule has 0 spiro atoms. The largest absolute Gasteiger partial charge is 0.494 e. The number of amides is 2. The molecule has 0 aliphatic carbocycles. The van der Waals surface area contributed by atoms with E-state index in [1.165, 1.54) is 24.3 Å². The first-order chi connectivity index (χ1) is 15.0. The molecular formula is C25H21FN2O3. The summed E-state index contributed by atoms with van der Waals surface area (Å²) < 4.78 is 18.9. The number of ether oxygens (including phenoxy) is 1. The van der Waals surface area contributed by atoms with Gasteiger partial charge in [0, 0.05) is 5.69 Å². The number of benzene rings is 3. The number of imide groups is 1. The zero-order chi connectivity index (χ0) is 22.0. The molecule has 0 saturated heterocycles. The third kappa shape index (κ3) is 4.05. The Bertz CT molecular complexity index is 1150. The Morgan fingerprint density at radius 2 is 1.52 bits per heavy atom. The smallest absolute Gasteiger partial charge is 0.282 e. The van der Waals surface area contributed by atoms with Crippen LogP contribution in [0.15, 0.2) is 78.5 Å². The Hall–Kier alpha value is -3.93. The van der Waals surface area contributed by atoms with Gasteiger partial charge in [0.05, 0.1) is 17.9 Å². The van der Waals surface area contributed by atoms with E-state index in [2.05, 4.69) is 5.32 Å². The van der Waals surface area contributed by atoms with Crippen LogP contribution < -0.4 is 15.0 Å². The first-order valence-corrected chi connectivity index (χ1v) is 9.93. The fraction of sp³-hybridized carbons (Fsp3) is 0.120. The van der Waals surface area contributed by atoms with Crippen LogP contribution in [-0.4, -0.2) is 18.4 Å². The van der Waals surface area contributed by atoms with Gasteiger partial charge in [-0.25, -0.2) is 9.29 Å². The van der Waals surface area contributed by atoms with Gasteiger partial charge in [-0.05, 0) is 67.9 Å². The normalized spacial score (nSPS) is 13.7. The average molecular weight is 416 g/mol. The Balaban J connectivity index is 1.75. The van der Waals surface area contributed by atoms with Crippen LogP contribution in [-0.2, 0) is 9.59 Å². The van der Waals surface area contributed by atoms with Crippen molar-refractivity contribution < 1.29 is 18.7 Å². The number of halogens is 1. The fourth-order valence-electron chi connectivity index (χ4n) is 3.40. The van der Waals surface area contributed by atoms with Crippen LogP contribution >= 0.6 is 0 Å². The van der Waals surface area contributed by atoms with Crippen LogP contribution in [0.25, 0.3) is 5.57 Å². The van der Waals surface area contributed by atoms with Crippen molar-refractivity contribution in [1.29, 1.82) is 0 Å². The van der Waals surface area contributed by atoms with Gasteiger partial charge in [0.25, 0.3) is 11.8 Å². The highest BCUT2D eigenvalue weighted by Crippen LogP contribution is 2.34. The molecule has 156 valence electrons. The lowest BCUT2D eigenvalue weighted by atomic mass is 10.0. The molecule has 0 bridgehead atoms. The number of anilines is 2. The van der Waals surface area contributed by atoms with Crippen molar-refractivity contribution in [3.8, 4) is 5.75 Å². The lowest BCUT2D eigenvalue weighted by Crippen LogP contribution is -2.32. The molecule has 0 aromatic heterocycles. The molecule has 3 aromatic rings. The maximum atomic E-state index is 13.5. The second-order valence-electron chi connectivity index (χ2n) is 7.12. The van der Waals surface area contributed by atoms with Gasteiger partial charge in [0.1, 0.15) is 17.3 Å². The van der Waals surface area contributed by atoms with Gasteiger partial charge in [-0.1, -0.05) is 29.8 Å². The maximum absolute atomic E-state index is 13.5. The zero-order valence-electron chi connectivity index (χ0n) is 17.2. The number of carbonyl (C=O) groups excluding carboxylic acids is 2. The first-order valence-electron chi connectivity index (χ1n) is 9.93. The monoisotopic (exact) mass is 416 g/mol. The molecule has 0 fully saturated rings. The van der Waals surface area contributed by atoms with E-state index in [4.69, 9.17) is 4.74 Å². The molecule has 0 radical (unpaired) electrons. The third-order valence-corrected chi connectivity index (χ3v) is 4.94. The summed E-state index contributed by atoms with van der Waals surface area (Å²) in [6, 6.07) is 19.8. The molecule has 1 aliphatic rings. The summed E-state index contributed by atoms with van der Waals surface area (Å²) in [6.07, 6.45) is 0. The minimum absolute atomic E-state index is 0.148. The van der Waals surface area contributed by atoms with E-state index < -0.39 is 17.6 Å². The minimum atomic E-state index is -0.478. The number of nitrogens with one attached hydrogen (secondary N) is 1. The number of hydrogen-bond donors (Lipinski definition) is 1. The van der Waals surface area contributed by atoms with E-state index in [-0.39, 0.29) is 11.3 Å². The topological polar surface area (TPSA) is 58.6 Å². The first kappa shape index (κ1) is 20.3. The Morgan fingerprint density at radius 1 is 0.871 bits per heavy atom. The average Bonchev–Trinajstić information content (AvgIpc) is 3.01. The number of rotatable bonds is 6. The Kier molecular flexibility index (Phi) is 5.54. The minimum Gasteiger partial charge on any atom is -0.494 e. The summed E-state index contributed by atoms with van der Waals surface area (Å²) in [5, 5.41) is 3.09. The van der Waals surface area contributed by atoms with E-state index in [0.29, 0.717) is 29.3 Å². The molecule has 2 amide bonds. The van der Waals surface area contributed by atoms with E-state index in [0.717, 1.165) is 10.5 Å². The lowest BCUT2D eigenvalue weighted by Gasteiger charge is -2.16. The number of aryl methyl sites for hydroxylation is 1. The van der Waals surface area contributed by atoms with Crippen molar-refractivity contribution in [2.24, 2.45) is 0 Å².